The van der Waals surface area contributed by atoms with E-state index in [9.17, 15) is 19.5 Å². The Balaban J connectivity index is 1.87. The zero-order valence-corrected chi connectivity index (χ0v) is 21.0. The first-order chi connectivity index (χ1) is 17.2. The van der Waals surface area contributed by atoms with Gasteiger partial charge in [0, 0.05) is 11.9 Å². The average Bonchev–Trinajstić information content (AvgIpc) is 3.17. The number of nitrogens with zero attached hydrogens (tertiary/aromatic N) is 2. The van der Waals surface area contributed by atoms with E-state index in [0.29, 0.717) is 32.0 Å². The van der Waals surface area contributed by atoms with Gasteiger partial charge in [-0.25, -0.2) is 14.6 Å². The van der Waals surface area contributed by atoms with E-state index in [1.807, 2.05) is 13.0 Å². The van der Waals surface area contributed by atoms with Gasteiger partial charge < -0.3 is 19.9 Å². The quantitative estimate of drug-likeness (QED) is 0.472. The first kappa shape index (κ1) is 24.9. The highest BCUT2D eigenvalue weighted by Crippen LogP contribution is 2.32. The topological polar surface area (TPSA) is 119 Å². The Hall–Kier alpha value is -4.18. The number of ether oxygens (including phenoxy) is 2. The second-order valence-electron chi connectivity index (χ2n) is 8.06. The molecule has 186 valence electrons. The van der Waals surface area contributed by atoms with Crippen LogP contribution in [0.25, 0.3) is 6.20 Å². The number of aryl methyl sites for hydroxylation is 1. The SMILES string of the molecule is CCOC(=O)C1=C(C)N=c2s/c(=C\Nc3cc(C(=O)O)ccc3C)c(=O)n2[C@H]1c1cccc(OC)c1. The van der Waals surface area contributed by atoms with Crippen LogP contribution in [0.4, 0.5) is 5.69 Å². The Morgan fingerprint density at radius 3 is 2.69 bits per heavy atom. The van der Waals surface area contributed by atoms with Crippen molar-refractivity contribution in [2.45, 2.75) is 26.8 Å². The van der Waals surface area contributed by atoms with Crippen molar-refractivity contribution in [2.24, 2.45) is 4.99 Å². The Labute approximate surface area is 210 Å². The van der Waals surface area contributed by atoms with Crippen LogP contribution >= 0.6 is 11.3 Å². The predicted molar refractivity (Wildman–Crippen MR) is 136 cm³/mol. The third-order valence-corrected chi connectivity index (χ3v) is 6.75. The van der Waals surface area contributed by atoms with Crippen LogP contribution in [0.5, 0.6) is 5.75 Å². The van der Waals surface area contributed by atoms with Gasteiger partial charge >= 0.3 is 11.9 Å². The fraction of sp³-hybridized carbons (Fsp3) is 0.231. The lowest BCUT2D eigenvalue weighted by Crippen LogP contribution is -2.40. The number of carboxylic acids is 1. The van der Waals surface area contributed by atoms with Crippen molar-refractivity contribution in [3.05, 3.63) is 90.1 Å². The number of benzene rings is 2. The Bertz CT molecular complexity index is 1570. The van der Waals surface area contributed by atoms with Crippen molar-refractivity contribution in [3.8, 4) is 5.75 Å². The molecule has 0 spiro atoms. The number of hydrogen-bond acceptors (Lipinski definition) is 8. The third-order valence-electron chi connectivity index (χ3n) is 5.77. The molecule has 3 aromatic rings. The number of nitrogens with one attached hydrogen (secondary N) is 1. The molecule has 1 aliphatic rings. The number of esters is 1. The molecule has 2 heterocycles. The largest absolute Gasteiger partial charge is 0.497 e. The van der Waals surface area contributed by atoms with Gasteiger partial charge in [-0.05, 0) is 56.2 Å². The van der Waals surface area contributed by atoms with Crippen LogP contribution < -0.4 is 24.9 Å². The number of carbonyl (C=O) groups is 2. The molecule has 1 aromatic heterocycles. The van der Waals surface area contributed by atoms with Gasteiger partial charge in [-0.2, -0.15) is 0 Å². The summed E-state index contributed by atoms with van der Waals surface area (Å²) < 4.78 is 12.5. The van der Waals surface area contributed by atoms with Crippen LogP contribution in [-0.2, 0) is 9.53 Å². The van der Waals surface area contributed by atoms with E-state index < -0.39 is 18.0 Å². The summed E-state index contributed by atoms with van der Waals surface area (Å²) in [7, 11) is 1.55. The minimum absolute atomic E-state index is 0.130. The van der Waals surface area contributed by atoms with Crippen LogP contribution in [0.15, 0.2) is 63.5 Å². The summed E-state index contributed by atoms with van der Waals surface area (Å²) >= 11 is 1.17. The van der Waals surface area contributed by atoms with Crippen molar-refractivity contribution in [1.29, 1.82) is 0 Å². The van der Waals surface area contributed by atoms with Gasteiger partial charge in [0.2, 0.25) is 0 Å². The molecular formula is C26H25N3O6S. The smallest absolute Gasteiger partial charge is 0.338 e. The van der Waals surface area contributed by atoms with Gasteiger partial charge in [-0.15, -0.1) is 0 Å². The molecule has 0 saturated heterocycles. The molecule has 0 fully saturated rings. The minimum atomic E-state index is -1.04. The second-order valence-corrected chi connectivity index (χ2v) is 9.07. The van der Waals surface area contributed by atoms with Gasteiger partial charge in [0.05, 0.1) is 36.6 Å². The van der Waals surface area contributed by atoms with Gasteiger partial charge in [0.25, 0.3) is 5.56 Å². The molecule has 4 rings (SSSR count). The number of allylic oxidation sites excluding steroid dienone is 1. The lowest BCUT2D eigenvalue weighted by Gasteiger charge is -2.24. The van der Waals surface area contributed by atoms with E-state index in [-0.39, 0.29) is 23.3 Å². The molecular weight excluding hydrogens is 482 g/mol. The summed E-state index contributed by atoms with van der Waals surface area (Å²) in [6.07, 6.45) is 1.53. The van der Waals surface area contributed by atoms with E-state index in [1.54, 1.807) is 45.2 Å². The molecule has 1 atom stereocenters. The maximum absolute atomic E-state index is 13.6. The van der Waals surface area contributed by atoms with Crippen LogP contribution in [0.3, 0.4) is 0 Å². The highest BCUT2D eigenvalue weighted by molar-refractivity contribution is 7.07. The lowest BCUT2D eigenvalue weighted by molar-refractivity contribution is -0.139. The normalized spacial score (nSPS) is 15.2. The number of aromatic nitrogens is 1. The Morgan fingerprint density at radius 2 is 2.00 bits per heavy atom. The molecule has 0 radical (unpaired) electrons. The first-order valence-corrected chi connectivity index (χ1v) is 12.0. The maximum atomic E-state index is 13.6. The molecule has 2 aromatic carbocycles. The fourth-order valence-corrected chi connectivity index (χ4v) is 4.94. The number of carbonyl (C=O) groups excluding carboxylic acids is 1. The van der Waals surface area contributed by atoms with Crippen LogP contribution in [-0.4, -0.2) is 35.3 Å². The predicted octanol–water partition coefficient (Wildman–Crippen LogP) is 2.83. The maximum Gasteiger partial charge on any atom is 0.338 e. The van der Waals surface area contributed by atoms with Crippen LogP contribution in [0.1, 0.15) is 41.4 Å². The Morgan fingerprint density at radius 1 is 1.22 bits per heavy atom. The van der Waals surface area contributed by atoms with Crippen LogP contribution in [0, 0.1) is 6.92 Å². The monoisotopic (exact) mass is 507 g/mol. The number of rotatable bonds is 7. The average molecular weight is 508 g/mol. The lowest BCUT2D eigenvalue weighted by atomic mass is 9.95. The number of carboxylic acid groups (broad SMARTS) is 1. The van der Waals surface area contributed by atoms with Crippen molar-refractivity contribution in [2.75, 3.05) is 19.0 Å². The molecule has 0 saturated carbocycles. The van der Waals surface area contributed by atoms with Crippen molar-refractivity contribution >= 4 is 35.2 Å². The van der Waals surface area contributed by atoms with Gasteiger partial charge in [-0.3, -0.25) is 9.36 Å². The number of fused-ring (bicyclic) bond motifs is 1. The summed E-state index contributed by atoms with van der Waals surface area (Å²) in [4.78, 5) is 42.9. The van der Waals surface area contributed by atoms with E-state index in [0.717, 1.165) is 5.56 Å². The minimum Gasteiger partial charge on any atom is -0.497 e. The van der Waals surface area contributed by atoms with Gasteiger partial charge in [-0.1, -0.05) is 29.5 Å². The number of aromatic carboxylic acids is 1. The van der Waals surface area contributed by atoms with Gasteiger partial charge in [0.1, 0.15) is 10.3 Å². The molecule has 0 unspecified atom stereocenters. The van der Waals surface area contributed by atoms with Crippen molar-refractivity contribution < 1.29 is 24.2 Å². The van der Waals surface area contributed by atoms with Crippen LogP contribution in [0.2, 0.25) is 0 Å². The first-order valence-electron chi connectivity index (χ1n) is 11.2. The molecule has 0 amide bonds. The molecule has 1 aliphatic heterocycles. The highest BCUT2D eigenvalue weighted by atomic mass is 32.1. The van der Waals surface area contributed by atoms with Crippen molar-refractivity contribution in [1.82, 2.24) is 4.57 Å². The number of thiazole rings is 1. The zero-order valence-electron chi connectivity index (χ0n) is 20.2. The summed E-state index contributed by atoms with van der Waals surface area (Å²) in [5, 5.41) is 12.3. The van der Waals surface area contributed by atoms with E-state index in [2.05, 4.69) is 10.3 Å². The van der Waals surface area contributed by atoms with Gasteiger partial charge in [0.15, 0.2) is 4.80 Å². The number of anilines is 1. The van der Waals surface area contributed by atoms with E-state index >= 15 is 0 Å². The van der Waals surface area contributed by atoms with E-state index in [1.165, 1.54) is 34.2 Å². The molecule has 0 aliphatic carbocycles. The standard InChI is InChI=1S/C26H25N3O6S/c1-5-35-25(33)21-15(3)28-26-29(22(21)16-7-6-8-18(11-16)34-4)23(30)20(36-26)13-27-19-12-17(24(31)32)10-9-14(19)2/h6-13,22,27H,5H2,1-4H3,(H,31,32)/b20-13-/t22-/m0/s1. The molecule has 36 heavy (non-hydrogen) atoms. The highest BCUT2D eigenvalue weighted by Gasteiger charge is 2.33. The van der Waals surface area contributed by atoms with Crippen molar-refractivity contribution in [3.63, 3.8) is 0 Å². The summed E-state index contributed by atoms with van der Waals surface area (Å²) in [5.41, 5.74) is 2.59. The third kappa shape index (κ3) is 4.67. The summed E-state index contributed by atoms with van der Waals surface area (Å²) in [5.74, 6) is -0.999. The zero-order chi connectivity index (χ0) is 26.0. The molecule has 0 bridgehead atoms. The molecule has 10 heteroatoms. The molecule has 2 N–H and O–H groups in total. The fourth-order valence-electron chi connectivity index (χ4n) is 3.97. The summed E-state index contributed by atoms with van der Waals surface area (Å²) in [6.45, 7) is 5.46. The summed E-state index contributed by atoms with van der Waals surface area (Å²) in [6, 6.07) is 11.1. The molecule has 9 nitrogen and oxygen atoms in total. The second kappa shape index (κ2) is 10.2. The number of hydrogen-bond donors (Lipinski definition) is 2. The van der Waals surface area contributed by atoms with E-state index in [4.69, 9.17) is 9.47 Å². The Kier molecular flexibility index (Phi) is 7.07. The number of methoxy groups -OCH3 is 1.